The van der Waals surface area contributed by atoms with Crippen molar-refractivity contribution < 1.29 is 27.5 Å². The molecule has 8 heteroatoms. The van der Waals surface area contributed by atoms with Crippen LogP contribution in [0.3, 0.4) is 0 Å². The first-order valence-corrected chi connectivity index (χ1v) is 13.0. The van der Waals surface area contributed by atoms with Crippen LogP contribution in [0.5, 0.6) is 5.75 Å². The summed E-state index contributed by atoms with van der Waals surface area (Å²) in [6, 6.07) is 4.84. The first-order valence-electron chi connectivity index (χ1n) is 11.5. The standard InChI is InChI=1S/C24H33NO6S/c1-15(2)22(25-32(28,29)20-6-4-19(30-3)5-7-20)23(27)31-14-21(26)24-11-16-8-17(12-24)10-18(9-16)13-24/h4-7,15-18,22,25H,8-14H2,1-3H3. The predicted molar refractivity (Wildman–Crippen MR) is 119 cm³/mol. The molecule has 1 aromatic carbocycles. The van der Waals surface area contributed by atoms with Gasteiger partial charge in [-0.3, -0.25) is 9.59 Å². The fraction of sp³-hybridized carbons (Fsp3) is 0.667. The van der Waals surface area contributed by atoms with Gasteiger partial charge in [0.1, 0.15) is 11.8 Å². The molecule has 4 aliphatic rings. The van der Waals surface area contributed by atoms with Gasteiger partial charge in [0, 0.05) is 5.41 Å². The summed E-state index contributed by atoms with van der Waals surface area (Å²) < 4.78 is 38.5. The molecule has 0 aliphatic heterocycles. The normalized spacial score (nSPS) is 29.7. The van der Waals surface area contributed by atoms with Crippen molar-refractivity contribution in [2.75, 3.05) is 13.7 Å². The lowest BCUT2D eigenvalue weighted by Gasteiger charge is -2.55. The summed E-state index contributed by atoms with van der Waals surface area (Å²) in [6.45, 7) is 3.20. The van der Waals surface area contributed by atoms with Crippen LogP contribution in [0, 0.1) is 29.1 Å². The summed E-state index contributed by atoms with van der Waals surface area (Å²) in [6.07, 6.45) is 6.42. The van der Waals surface area contributed by atoms with Crippen molar-refractivity contribution in [3.05, 3.63) is 24.3 Å². The van der Waals surface area contributed by atoms with Crippen LogP contribution >= 0.6 is 0 Å². The molecular weight excluding hydrogens is 430 g/mol. The van der Waals surface area contributed by atoms with Gasteiger partial charge in [0.25, 0.3) is 0 Å². The van der Waals surface area contributed by atoms with E-state index in [-0.39, 0.29) is 28.6 Å². The third kappa shape index (κ3) is 4.57. The van der Waals surface area contributed by atoms with Gasteiger partial charge < -0.3 is 9.47 Å². The molecule has 4 aliphatic carbocycles. The van der Waals surface area contributed by atoms with Gasteiger partial charge in [0.05, 0.1) is 12.0 Å². The summed E-state index contributed by atoms with van der Waals surface area (Å²) in [4.78, 5) is 26.0. The minimum atomic E-state index is -3.94. The van der Waals surface area contributed by atoms with Gasteiger partial charge in [0.15, 0.2) is 12.4 Å². The topological polar surface area (TPSA) is 98.8 Å². The van der Waals surface area contributed by atoms with E-state index in [1.165, 1.54) is 38.5 Å². The van der Waals surface area contributed by atoms with Crippen LogP contribution in [0.25, 0.3) is 0 Å². The number of carbonyl (C=O) groups excluding carboxylic acids is 2. The highest BCUT2D eigenvalue weighted by atomic mass is 32.2. The third-order valence-corrected chi connectivity index (χ3v) is 9.00. The maximum atomic E-state index is 13.1. The summed E-state index contributed by atoms with van der Waals surface area (Å²) in [5.74, 6) is 1.36. The Bertz CT molecular complexity index is 933. The van der Waals surface area contributed by atoms with Crippen molar-refractivity contribution in [3.8, 4) is 5.75 Å². The van der Waals surface area contributed by atoms with Crippen LogP contribution in [0.4, 0.5) is 0 Å². The number of methoxy groups -OCH3 is 1. The number of carbonyl (C=O) groups is 2. The largest absolute Gasteiger partial charge is 0.497 e. The number of hydrogen-bond acceptors (Lipinski definition) is 6. The minimum absolute atomic E-state index is 0.00506. The van der Waals surface area contributed by atoms with E-state index < -0.39 is 22.0 Å². The lowest BCUT2D eigenvalue weighted by atomic mass is 9.48. The average molecular weight is 464 g/mol. The molecule has 0 spiro atoms. The van der Waals surface area contributed by atoms with Gasteiger partial charge in [-0.25, -0.2) is 8.42 Å². The lowest BCUT2D eigenvalue weighted by Crippen LogP contribution is -2.51. The average Bonchev–Trinajstić information content (AvgIpc) is 2.74. The number of Topliss-reactive ketones (excluding diaryl/α,β-unsaturated/α-hetero) is 1. The zero-order valence-electron chi connectivity index (χ0n) is 19.0. The third-order valence-electron chi connectivity index (χ3n) is 7.55. The number of rotatable bonds is 9. The van der Waals surface area contributed by atoms with Crippen molar-refractivity contribution in [1.82, 2.24) is 4.72 Å². The molecule has 1 N–H and O–H groups in total. The molecule has 0 amide bonds. The quantitative estimate of drug-likeness (QED) is 0.564. The molecule has 4 fully saturated rings. The van der Waals surface area contributed by atoms with E-state index in [9.17, 15) is 18.0 Å². The zero-order valence-corrected chi connectivity index (χ0v) is 19.8. The van der Waals surface area contributed by atoms with Crippen molar-refractivity contribution in [2.45, 2.75) is 63.3 Å². The Labute approximate surface area is 190 Å². The monoisotopic (exact) mass is 463 g/mol. The molecule has 176 valence electrons. The Morgan fingerprint density at radius 2 is 1.56 bits per heavy atom. The summed E-state index contributed by atoms with van der Waals surface area (Å²) in [5.41, 5.74) is -0.342. The first-order chi connectivity index (χ1) is 15.1. The van der Waals surface area contributed by atoms with E-state index in [1.807, 2.05) is 0 Å². The second kappa shape index (κ2) is 8.78. The number of benzene rings is 1. The number of ether oxygens (including phenoxy) is 2. The number of nitrogens with one attached hydrogen (secondary N) is 1. The van der Waals surface area contributed by atoms with E-state index in [0.29, 0.717) is 23.5 Å². The Kier molecular flexibility index (Phi) is 6.38. The van der Waals surface area contributed by atoms with Gasteiger partial charge in [-0.1, -0.05) is 13.8 Å². The van der Waals surface area contributed by atoms with Crippen LogP contribution in [0.2, 0.25) is 0 Å². The zero-order chi connectivity index (χ0) is 23.1. The number of sulfonamides is 1. The molecule has 7 nitrogen and oxygen atoms in total. The van der Waals surface area contributed by atoms with E-state index in [2.05, 4.69) is 4.72 Å². The van der Waals surface area contributed by atoms with E-state index in [0.717, 1.165) is 19.3 Å². The van der Waals surface area contributed by atoms with Crippen LogP contribution < -0.4 is 9.46 Å². The van der Waals surface area contributed by atoms with Gasteiger partial charge in [0.2, 0.25) is 10.0 Å². The first kappa shape index (κ1) is 23.2. The molecule has 4 bridgehead atoms. The lowest BCUT2D eigenvalue weighted by molar-refractivity contribution is -0.159. The molecule has 4 saturated carbocycles. The van der Waals surface area contributed by atoms with Crippen molar-refractivity contribution in [1.29, 1.82) is 0 Å². The Balaban J connectivity index is 1.39. The van der Waals surface area contributed by atoms with Crippen LogP contribution in [-0.4, -0.2) is 39.9 Å². The molecule has 5 rings (SSSR count). The molecule has 32 heavy (non-hydrogen) atoms. The second-order valence-electron chi connectivity index (χ2n) is 10.2. The molecule has 1 atom stereocenters. The number of hydrogen-bond donors (Lipinski definition) is 1. The second-order valence-corrected chi connectivity index (χ2v) is 12.0. The van der Waals surface area contributed by atoms with Crippen molar-refractivity contribution >= 4 is 21.8 Å². The summed E-state index contributed by atoms with van der Waals surface area (Å²) in [7, 11) is -2.44. The summed E-state index contributed by atoms with van der Waals surface area (Å²) in [5, 5.41) is 0. The Morgan fingerprint density at radius 1 is 1.03 bits per heavy atom. The Hall–Kier alpha value is -1.93. The van der Waals surface area contributed by atoms with Crippen LogP contribution in [0.15, 0.2) is 29.2 Å². The van der Waals surface area contributed by atoms with E-state index >= 15 is 0 Å². The van der Waals surface area contributed by atoms with E-state index in [1.54, 1.807) is 26.0 Å². The molecule has 0 heterocycles. The molecule has 1 aromatic rings. The smallest absolute Gasteiger partial charge is 0.324 e. The molecule has 0 radical (unpaired) electrons. The fourth-order valence-electron chi connectivity index (χ4n) is 6.28. The highest BCUT2D eigenvalue weighted by Gasteiger charge is 2.54. The van der Waals surface area contributed by atoms with Crippen molar-refractivity contribution in [2.24, 2.45) is 29.1 Å². The molecule has 0 saturated heterocycles. The number of esters is 1. The predicted octanol–water partition coefficient (Wildman–Crippen LogP) is 3.33. The Morgan fingerprint density at radius 3 is 2.03 bits per heavy atom. The minimum Gasteiger partial charge on any atom is -0.497 e. The van der Waals surface area contributed by atoms with Gasteiger partial charge in [-0.05, 0) is 86.5 Å². The maximum Gasteiger partial charge on any atom is 0.324 e. The van der Waals surface area contributed by atoms with Crippen LogP contribution in [0.1, 0.15) is 52.4 Å². The van der Waals surface area contributed by atoms with Crippen molar-refractivity contribution in [3.63, 3.8) is 0 Å². The maximum absolute atomic E-state index is 13.1. The molecule has 0 aromatic heterocycles. The van der Waals surface area contributed by atoms with Gasteiger partial charge in [-0.15, -0.1) is 0 Å². The van der Waals surface area contributed by atoms with Gasteiger partial charge >= 0.3 is 5.97 Å². The van der Waals surface area contributed by atoms with Crippen LogP contribution in [-0.2, 0) is 24.3 Å². The fourth-order valence-corrected chi connectivity index (χ4v) is 7.61. The highest BCUT2D eigenvalue weighted by molar-refractivity contribution is 7.89. The number of ketones is 1. The van der Waals surface area contributed by atoms with Gasteiger partial charge in [-0.2, -0.15) is 4.72 Å². The SMILES string of the molecule is COc1ccc(S(=O)(=O)NC(C(=O)OCC(=O)C23CC4CC(CC(C4)C2)C3)C(C)C)cc1. The molecule has 1 unspecified atom stereocenters. The molecular formula is C24H33NO6S. The van der Waals surface area contributed by atoms with E-state index in [4.69, 9.17) is 9.47 Å². The summed E-state index contributed by atoms with van der Waals surface area (Å²) >= 11 is 0. The highest BCUT2D eigenvalue weighted by Crippen LogP contribution is 2.60.